The topological polar surface area (TPSA) is 38.1 Å². The van der Waals surface area contributed by atoms with Crippen LogP contribution in [0.5, 0.6) is 0 Å². The van der Waals surface area contributed by atoms with Gasteiger partial charge in [0.05, 0.1) is 5.41 Å². The molecule has 1 aromatic heterocycles. The lowest BCUT2D eigenvalue weighted by Crippen LogP contribution is -2.62. The summed E-state index contributed by atoms with van der Waals surface area (Å²) in [5.74, 6) is 0.437. The van der Waals surface area contributed by atoms with Crippen LogP contribution in [0, 0.1) is 16.7 Å². The van der Waals surface area contributed by atoms with E-state index in [0.29, 0.717) is 44.0 Å². The molecule has 0 amide bonds. The van der Waals surface area contributed by atoms with Gasteiger partial charge in [0.1, 0.15) is 11.4 Å². The van der Waals surface area contributed by atoms with Crippen molar-refractivity contribution in [2.75, 3.05) is 6.54 Å². The second-order valence-corrected chi connectivity index (χ2v) is 10.8. The summed E-state index contributed by atoms with van der Waals surface area (Å²) in [6, 6.07) is 0. The molecule has 4 aliphatic carbocycles. The van der Waals surface area contributed by atoms with Gasteiger partial charge in [0.2, 0.25) is 5.89 Å². The molecule has 5 heteroatoms. The summed E-state index contributed by atoms with van der Waals surface area (Å²) in [5, 5.41) is 2.95. The minimum Gasteiger partial charge on any atom is -0.440 e. The van der Waals surface area contributed by atoms with Crippen molar-refractivity contribution in [1.82, 2.24) is 10.3 Å². The molecule has 3 nitrogen and oxygen atoms in total. The Morgan fingerprint density at radius 2 is 1.75 bits per heavy atom. The predicted octanol–water partition coefficient (Wildman–Crippen LogP) is 5.58. The Labute approximate surface area is 165 Å². The van der Waals surface area contributed by atoms with Gasteiger partial charge in [0, 0.05) is 18.4 Å². The normalized spacial score (nSPS) is 46.7. The van der Waals surface area contributed by atoms with Gasteiger partial charge in [-0.05, 0) is 56.1 Å². The van der Waals surface area contributed by atoms with Crippen molar-refractivity contribution < 1.29 is 13.2 Å². The zero-order chi connectivity index (χ0) is 20.0. The SMILES string of the molecule is CC(C)C1(C)C=Cc2nc(C34CC(F)(CC5(CNC(C)(F)C5)C3)C4)oc2C=C1. The van der Waals surface area contributed by atoms with Crippen LogP contribution >= 0.6 is 0 Å². The third-order valence-electron chi connectivity index (χ3n) is 7.83. The van der Waals surface area contributed by atoms with Crippen molar-refractivity contribution in [3.8, 4) is 0 Å². The number of rotatable bonds is 2. The molecule has 3 unspecified atom stereocenters. The number of nitrogens with one attached hydrogen (secondary N) is 1. The number of allylic oxidation sites excluding steroid dienone is 2. The van der Waals surface area contributed by atoms with Crippen molar-refractivity contribution in [3.63, 3.8) is 0 Å². The molecule has 2 bridgehead atoms. The van der Waals surface area contributed by atoms with E-state index in [9.17, 15) is 4.39 Å². The Morgan fingerprint density at radius 3 is 2.39 bits per heavy atom. The Hall–Kier alpha value is -1.49. The molecule has 0 aromatic carbocycles. The van der Waals surface area contributed by atoms with Crippen LogP contribution in [0.1, 0.15) is 77.1 Å². The molecule has 5 aliphatic rings. The average molecular weight is 389 g/mol. The fourth-order valence-corrected chi connectivity index (χ4v) is 6.30. The van der Waals surface area contributed by atoms with Gasteiger partial charge in [-0.15, -0.1) is 0 Å². The highest BCUT2D eigenvalue weighted by atomic mass is 19.1. The smallest absolute Gasteiger partial charge is 0.201 e. The summed E-state index contributed by atoms with van der Waals surface area (Å²) in [6.45, 7) is 8.69. The van der Waals surface area contributed by atoms with Crippen LogP contribution in [0.25, 0.3) is 12.2 Å². The monoisotopic (exact) mass is 388 g/mol. The first kappa shape index (κ1) is 18.5. The van der Waals surface area contributed by atoms with E-state index in [-0.39, 0.29) is 10.8 Å². The minimum absolute atomic E-state index is 0.0395. The molecular formula is C23H30F2N2O. The van der Waals surface area contributed by atoms with E-state index >= 15 is 4.39 Å². The van der Waals surface area contributed by atoms with Crippen LogP contribution in [-0.4, -0.2) is 23.0 Å². The number of hydrogen-bond donors (Lipinski definition) is 1. The van der Waals surface area contributed by atoms with Crippen molar-refractivity contribution in [1.29, 1.82) is 0 Å². The molecular weight excluding hydrogens is 358 g/mol. The number of nitrogens with zero attached hydrogens (tertiary/aromatic N) is 1. The van der Waals surface area contributed by atoms with Crippen molar-refractivity contribution in [3.05, 3.63) is 29.5 Å². The van der Waals surface area contributed by atoms with Gasteiger partial charge in [0.15, 0.2) is 11.6 Å². The van der Waals surface area contributed by atoms with Crippen LogP contribution in [0.3, 0.4) is 0 Å². The standard InChI is InChI=1S/C23H30F2N2O/c1-15(2)19(3)7-5-16-17(6-8-19)28-18(27-16)22-10-21(9-20(4,24)26-14-21)11-23(25,12-22)13-22/h5-8,15,26H,9-14H2,1-4H3. The maximum atomic E-state index is 15.3. The second kappa shape index (κ2) is 5.35. The Balaban J connectivity index is 1.47. The van der Waals surface area contributed by atoms with Gasteiger partial charge in [0.25, 0.3) is 0 Å². The van der Waals surface area contributed by atoms with E-state index in [1.807, 2.05) is 12.2 Å². The number of hydrogen-bond acceptors (Lipinski definition) is 3. The van der Waals surface area contributed by atoms with Crippen LogP contribution < -0.4 is 5.32 Å². The predicted molar refractivity (Wildman–Crippen MR) is 106 cm³/mol. The number of fused-ring (bicyclic) bond motifs is 1. The lowest BCUT2D eigenvalue weighted by Gasteiger charge is -2.60. The van der Waals surface area contributed by atoms with Crippen molar-refractivity contribution in [2.24, 2.45) is 16.7 Å². The van der Waals surface area contributed by atoms with Gasteiger partial charge >= 0.3 is 0 Å². The summed E-state index contributed by atoms with van der Waals surface area (Å²) >= 11 is 0. The quantitative estimate of drug-likeness (QED) is 0.673. The first-order valence-electron chi connectivity index (χ1n) is 10.5. The molecule has 28 heavy (non-hydrogen) atoms. The molecule has 6 rings (SSSR count). The summed E-state index contributed by atoms with van der Waals surface area (Å²) < 4.78 is 36.0. The number of aromatic nitrogens is 1. The molecule has 0 radical (unpaired) electrons. The fraction of sp³-hybridized carbons (Fsp3) is 0.696. The summed E-state index contributed by atoms with van der Waals surface area (Å²) in [5.41, 5.74) is -1.18. The molecule has 3 atom stereocenters. The molecule has 1 spiro atoms. The first-order valence-corrected chi connectivity index (χ1v) is 10.5. The van der Waals surface area contributed by atoms with Gasteiger partial charge in [-0.25, -0.2) is 13.8 Å². The molecule has 1 aliphatic heterocycles. The lowest BCUT2D eigenvalue weighted by molar-refractivity contribution is -0.133. The minimum atomic E-state index is -1.41. The molecule has 4 fully saturated rings. The van der Waals surface area contributed by atoms with Gasteiger partial charge in [-0.1, -0.05) is 32.9 Å². The first-order chi connectivity index (χ1) is 13.0. The van der Waals surface area contributed by atoms with Gasteiger partial charge < -0.3 is 4.42 Å². The van der Waals surface area contributed by atoms with Crippen molar-refractivity contribution in [2.45, 2.75) is 76.7 Å². The molecule has 2 heterocycles. The van der Waals surface area contributed by atoms with Gasteiger partial charge in [-0.3, -0.25) is 5.32 Å². The van der Waals surface area contributed by atoms with E-state index in [1.165, 1.54) is 0 Å². The molecule has 152 valence electrons. The average Bonchev–Trinajstić information content (AvgIpc) is 3.05. The highest BCUT2D eigenvalue weighted by Crippen LogP contribution is 2.68. The summed E-state index contributed by atoms with van der Waals surface area (Å²) in [6.07, 6.45) is 10.8. The van der Waals surface area contributed by atoms with E-state index in [1.54, 1.807) is 6.92 Å². The maximum absolute atomic E-state index is 15.3. The lowest BCUT2D eigenvalue weighted by atomic mass is 9.45. The zero-order valence-corrected chi connectivity index (χ0v) is 17.2. The number of alkyl halides is 2. The number of halogens is 2. The van der Waals surface area contributed by atoms with Gasteiger partial charge in [-0.2, -0.15) is 0 Å². The van der Waals surface area contributed by atoms with Crippen LogP contribution in [0.2, 0.25) is 0 Å². The van der Waals surface area contributed by atoms with Crippen LogP contribution in [0.4, 0.5) is 8.78 Å². The second-order valence-electron chi connectivity index (χ2n) is 10.8. The van der Waals surface area contributed by atoms with Crippen LogP contribution in [0.15, 0.2) is 16.6 Å². The van der Waals surface area contributed by atoms with E-state index < -0.39 is 16.9 Å². The summed E-state index contributed by atoms with van der Waals surface area (Å²) in [4.78, 5) is 4.81. The van der Waals surface area contributed by atoms with E-state index in [2.05, 4.69) is 38.2 Å². The Kier molecular flexibility index (Phi) is 3.54. The van der Waals surface area contributed by atoms with E-state index in [4.69, 9.17) is 9.40 Å². The van der Waals surface area contributed by atoms with Crippen LogP contribution in [-0.2, 0) is 5.41 Å². The maximum Gasteiger partial charge on any atom is 0.201 e. The highest BCUT2D eigenvalue weighted by Gasteiger charge is 2.69. The molecule has 3 saturated carbocycles. The Bertz CT molecular complexity index is 844. The molecule has 1 N–H and O–H groups in total. The zero-order valence-electron chi connectivity index (χ0n) is 17.2. The largest absolute Gasteiger partial charge is 0.440 e. The Morgan fingerprint density at radius 1 is 1.04 bits per heavy atom. The fourth-order valence-electron chi connectivity index (χ4n) is 6.30. The third kappa shape index (κ3) is 2.65. The third-order valence-corrected chi connectivity index (χ3v) is 7.83. The summed E-state index contributed by atoms with van der Waals surface area (Å²) in [7, 11) is 0. The number of oxazole rings is 1. The molecule has 1 aromatic rings. The highest BCUT2D eigenvalue weighted by molar-refractivity contribution is 5.63. The van der Waals surface area contributed by atoms with Crippen molar-refractivity contribution >= 4 is 12.2 Å². The van der Waals surface area contributed by atoms with E-state index in [0.717, 1.165) is 17.9 Å². The molecule has 1 saturated heterocycles.